The summed E-state index contributed by atoms with van der Waals surface area (Å²) in [6.45, 7) is 1.20. The maximum absolute atomic E-state index is 12.8. The van der Waals surface area contributed by atoms with Crippen LogP contribution in [-0.4, -0.2) is 93.2 Å². The lowest BCUT2D eigenvalue weighted by Crippen LogP contribution is -2.60. The second-order valence-electron chi connectivity index (χ2n) is 7.51. The molecule has 0 saturated carbocycles. The van der Waals surface area contributed by atoms with Crippen LogP contribution in [0.3, 0.4) is 0 Å². The molecule has 0 aromatic carbocycles. The van der Waals surface area contributed by atoms with Crippen LogP contribution in [0, 0.1) is 0 Å². The number of carboxylic acids is 2. The molecule has 14 nitrogen and oxygen atoms in total. The third kappa shape index (κ3) is 12.4. The average Bonchev–Trinajstić information content (AvgIpc) is 2.74. The summed E-state index contributed by atoms with van der Waals surface area (Å²) in [6, 6.07) is -5.40. The van der Waals surface area contributed by atoms with E-state index in [2.05, 4.69) is 16.0 Å². The molecule has 0 aliphatic carbocycles. The molecule has 0 rings (SSSR count). The zero-order valence-electron chi connectivity index (χ0n) is 19.0. The van der Waals surface area contributed by atoms with E-state index in [1.807, 2.05) is 0 Å². The Balaban J connectivity index is 5.36. The molecule has 0 spiro atoms. The predicted octanol–water partition coefficient (Wildman–Crippen LogP) is -2.88. The molecule has 0 aromatic heterocycles. The number of thioether (sulfide) groups is 1. The molecule has 0 fully saturated rings. The summed E-state index contributed by atoms with van der Waals surface area (Å²) in [7, 11) is 0. The van der Waals surface area contributed by atoms with E-state index in [9.17, 15) is 39.0 Å². The van der Waals surface area contributed by atoms with Crippen LogP contribution in [-0.2, 0) is 28.8 Å². The lowest BCUT2D eigenvalue weighted by molar-refractivity contribution is -0.143. The van der Waals surface area contributed by atoms with Gasteiger partial charge in [-0.15, -0.1) is 0 Å². The van der Waals surface area contributed by atoms with Gasteiger partial charge in [0.2, 0.25) is 23.6 Å². The molecular weight excluding hydrogens is 474 g/mol. The molecule has 0 aliphatic rings. The molecule has 0 heterocycles. The molecule has 5 unspecified atom stereocenters. The standard InChI is InChI=1S/C19H33N5O9S/c1-9(25)15(18(31)23-12(19(32)33)4-5-13(21)26)24-17(30)11(7-8-34-2)22-16(29)10(20)3-6-14(27)28/h9-12,15,25H,3-8,20H2,1-2H3,(H2,21,26)(H,22,29)(H,23,31)(H,24,30)(H,27,28)(H,32,33). The molecule has 10 N–H and O–H groups in total. The normalized spacial score (nSPS) is 15.2. The monoisotopic (exact) mass is 507 g/mol. The molecule has 34 heavy (non-hydrogen) atoms. The second kappa shape index (κ2) is 15.8. The fourth-order valence-electron chi connectivity index (χ4n) is 2.66. The molecule has 194 valence electrons. The smallest absolute Gasteiger partial charge is 0.326 e. The van der Waals surface area contributed by atoms with Gasteiger partial charge in [0.25, 0.3) is 0 Å². The largest absolute Gasteiger partial charge is 0.481 e. The van der Waals surface area contributed by atoms with Gasteiger partial charge in [-0.1, -0.05) is 0 Å². The Labute approximate surface area is 200 Å². The van der Waals surface area contributed by atoms with Crippen LogP contribution in [0.15, 0.2) is 0 Å². The van der Waals surface area contributed by atoms with Crippen molar-refractivity contribution < 1.29 is 44.1 Å². The Morgan fingerprint density at radius 3 is 1.91 bits per heavy atom. The highest BCUT2D eigenvalue weighted by Crippen LogP contribution is 2.06. The van der Waals surface area contributed by atoms with Gasteiger partial charge in [-0.05, 0) is 38.2 Å². The number of carboxylic acid groups (broad SMARTS) is 2. The van der Waals surface area contributed by atoms with Crippen molar-refractivity contribution in [1.82, 2.24) is 16.0 Å². The molecule has 0 radical (unpaired) electrons. The van der Waals surface area contributed by atoms with Gasteiger partial charge in [0.1, 0.15) is 18.1 Å². The zero-order valence-corrected chi connectivity index (χ0v) is 19.8. The van der Waals surface area contributed by atoms with Crippen molar-refractivity contribution in [3.63, 3.8) is 0 Å². The Hall–Kier alpha value is -2.91. The minimum atomic E-state index is -1.57. The number of carbonyl (C=O) groups is 6. The lowest BCUT2D eigenvalue weighted by Gasteiger charge is -2.26. The summed E-state index contributed by atoms with van der Waals surface area (Å²) in [4.78, 5) is 70.6. The summed E-state index contributed by atoms with van der Waals surface area (Å²) in [5.74, 6) is -5.53. The average molecular weight is 508 g/mol. The minimum absolute atomic E-state index is 0.134. The highest BCUT2D eigenvalue weighted by Gasteiger charge is 2.32. The Bertz CT molecular complexity index is 750. The number of rotatable bonds is 17. The van der Waals surface area contributed by atoms with Gasteiger partial charge in [-0.25, -0.2) is 4.79 Å². The van der Waals surface area contributed by atoms with Crippen molar-refractivity contribution in [2.45, 2.75) is 69.3 Å². The van der Waals surface area contributed by atoms with Gasteiger partial charge in [0.05, 0.1) is 12.1 Å². The number of hydrogen-bond acceptors (Lipinski definition) is 9. The van der Waals surface area contributed by atoms with Crippen molar-refractivity contribution in [2.24, 2.45) is 11.5 Å². The summed E-state index contributed by atoms with van der Waals surface area (Å²) >= 11 is 1.38. The van der Waals surface area contributed by atoms with Crippen LogP contribution in [0.1, 0.15) is 39.0 Å². The van der Waals surface area contributed by atoms with Gasteiger partial charge in [-0.3, -0.25) is 24.0 Å². The first-order valence-corrected chi connectivity index (χ1v) is 11.8. The van der Waals surface area contributed by atoms with E-state index in [1.54, 1.807) is 6.26 Å². The maximum atomic E-state index is 12.8. The first kappa shape index (κ1) is 31.1. The number of nitrogens with one attached hydrogen (secondary N) is 3. The summed E-state index contributed by atoms with van der Waals surface area (Å²) in [6.07, 6.45) is -0.649. The van der Waals surface area contributed by atoms with Crippen LogP contribution in [0.5, 0.6) is 0 Å². The first-order chi connectivity index (χ1) is 15.8. The lowest BCUT2D eigenvalue weighted by atomic mass is 10.1. The molecule has 0 aliphatic heterocycles. The highest BCUT2D eigenvalue weighted by atomic mass is 32.2. The number of amides is 4. The number of aliphatic hydroxyl groups is 1. The van der Waals surface area contributed by atoms with Crippen molar-refractivity contribution in [3.05, 3.63) is 0 Å². The van der Waals surface area contributed by atoms with E-state index in [0.717, 1.165) is 0 Å². The highest BCUT2D eigenvalue weighted by molar-refractivity contribution is 7.98. The Morgan fingerprint density at radius 2 is 1.44 bits per heavy atom. The molecule has 5 atom stereocenters. The topological polar surface area (TPSA) is 251 Å². The van der Waals surface area contributed by atoms with Crippen molar-refractivity contribution in [3.8, 4) is 0 Å². The molecule has 0 bridgehead atoms. The van der Waals surface area contributed by atoms with Gasteiger partial charge in [0.15, 0.2) is 0 Å². The van der Waals surface area contributed by atoms with Gasteiger partial charge in [0, 0.05) is 12.8 Å². The minimum Gasteiger partial charge on any atom is -0.481 e. The van der Waals surface area contributed by atoms with E-state index >= 15 is 0 Å². The van der Waals surface area contributed by atoms with E-state index < -0.39 is 65.8 Å². The fourth-order valence-corrected chi connectivity index (χ4v) is 3.13. The Morgan fingerprint density at radius 1 is 0.853 bits per heavy atom. The second-order valence-corrected chi connectivity index (χ2v) is 8.50. The number of hydrogen-bond donors (Lipinski definition) is 8. The number of aliphatic hydroxyl groups excluding tert-OH is 1. The summed E-state index contributed by atoms with van der Waals surface area (Å²) < 4.78 is 0. The molecule has 0 saturated heterocycles. The van der Waals surface area contributed by atoms with E-state index in [4.69, 9.17) is 16.6 Å². The van der Waals surface area contributed by atoms with Gasteiger partial charge < -0.3 is 42.7 Å². The molecular formula is C19H33N5O9S. The SMILES string of the molecule is CSCCC(NC(=O)C(N)CCC(=O)O)C(=O)NC(C(=O)NC(CCC(N)=O)C(=O)O)C(C)O. The molecule has 0 aromatic rings. The predicted molar refractivity (Wildman–Crippen MR) is 121 cm³/mol. The maximum Gasteiger partial charge on any atom is 0.326 e. The number of nitrogens with two attached hydrogens (primary N) is 2. The number of primary amides is 1. The van der Waals surface area contributed by atoms with Crippen LogP contribution in [0.4, 0.5) is 0 Å². The fraction of sp³-hybridized carbons (Fsp3) is 0.684. The third-order valence-electron chi connectivity index (χ3n) is 4.61. The van der Waals surface area contributed by atoms with Crippen molar-refractivity contribution in [2.75, 3.05) is 12.0 Å². The van der Waals surface area contributed by atoms with Crippen LogP contribution < -0.4 is 27.4 Å². The summed E-state index contributed by atoms with van der Waals surface area (Å²) in [5, 5.41) is 34.8. The van der Waals surface area contributed by atoms with E-state index in [1.165, 1.54) is 18.7 Å². The Kier molecular flexibility index (Phi) is 14.5. The van der Waals surface area contributed by atoms with Gasteiger partial charge in [-0.2, -0.15) is 11.8 Å². The zero-order chi connectivity index (χ0) is 26.4. The number of carbonyl (C=O) groups excluding carboxylic acids is 4. The van der Waals surface area contributed by atoms with Crippen LogP contribution >= 0.6 is 11.8 Å². The number of aliphatic carboxylic acids is 2. The van der Waals surface area contributed by atoms with Crippen molar-refractivity contribution >= 4 is 47.3 Å². The van der Waals surface area contributed by atoms with Crippen molar-refractivity contribution in [1.29, 1.82) is 0 Å². The first-order valence-electron chi connectivity index (χ1n) is 10.4. The molecule has 4 amide bonds. The van der Waals surface area contributed by atoms with Crippen LogP contribution in [0.25, 0.3) is 0 Å². The third-order valence-corrected chi connectivity index (χ3v) is 5.25. The quantitative estimate of drug-likeness (QED) is 0.0992. The van der Waals surface area contributed by atoms with Crippen LogP contribution in [0.2, 0.25) is 0 Å². The summed E-state index contributed by atoms with van der Waals surface area (Å²) in [5.41, 5.74) is 10.7. The van der Waals surface area contributed by atoms with E-state index in [0.29, 0.717) is 5.75 Å². The van der Waals surface area contributed by atoms with Gasteiger partial charge >= 0.3 is 11.9 Å². The molecule has 15 heteroatoms. The van der Waals surface area contributed by atoms with E-state index in [-0.39, 0.29) is 32.1 Å².